The van der Waals surface area contributed by atoms with Gasteiger partial charge in [-0.3, -0.25) is 4.99 Å². The fraction of sp³-hybridized carbons (Fsp3) is 0.682. The Labute approximate surface area is 194 Å². The van der Waals surface area contributed by atoms with Gasteiger partial charge < -0.3 is 10.2 Å². The van der Waals surface area contributed by atoms with E-state index < -0.39 is 9.84 Å². The van der Waals surface area contributed by atoms with Crippen LogP contribution in [0.3, 0.4) is 0 Å². The Morgan fingerprint density at radius 1 is 1.28 bits per heavy atom. The van der Waals surface area contributed by atoms with Crippen LogP contribution < -0.4 is 5.32 Å². The molecule has 0 bridgehead atoms. The quantitative estimate of drug-likeness (QED) is 0.324. The molecule has 1 aliphatic rings. The molecule has 29 heavy (non-hydrogen) atoms. The number of piperidine rings is 1. The second-order valence-electron chi connectivity index (χ2n) is 8.94. The molecule has 0 radical (unpaired) electrons. The van der Waals surface area contributed by atoms with Gasteiger partial charge in [-0.1, -0.05) is 51.1 Å². The molecular formula is C22H38IN3O2S. The normalized spacial score (nSPS) is 20.9. The average Bonchev–Trinajstić information content (AvgIpc) is 2.64. The first-order chi connectivity index (χ1) is 13.1. The lowest BCUT2D eigenvalue weighted by molar-refractivity contribution is 0.233. The average molecular weight is 536 g/mol. The topological polar surface area (TPSA) is 61.8 Å². The standard InChI is InChI=1S/C22H37N3O2S.HI/c1-6-23-21(24-17-22(3,4)13-15-28(5,26)27)25-14-12-20(18(2)16-25)19-10-8-7-9-11-19;/h7-11,18,20H,6,12-17H2,1-5H3,(H,23,24);1H. The third-order valence-electron chi connectivity index (χ3n) is 5.57. The maximum Gasteiger partial charge on any atom is 0.193 e. The molecule has 2 unspecified atom stereocenters. The molecule has 5 nitrogen and oxygen atoms in total. The Bertz CT molecular complexity index is 751. The summed E-state index contributed by atoms with van der Waals surface area (Å²) in [5.41, 5.74) is 1.29. The lowest BCUT2D eigenvalue weighted by Crippen LogP contribution is -2.48. The highest BCUT2D eigenvalue weighted by Crippen LogP contribution is 2.32. The number of hydrogen-bond acceptors (Lipinski definition) is 3. The second-order valence-corrected chi connectivity index (χ2v) is 11.2. The van der Waals surface area contributed by atoms with Crippen molar-refractivity contribution in [2.24, 2.45) is 16.3 Å². The molecular weight excluding hydrogens is 497 g/mol. The first-order valence-electron chi connectivity index (χ1n) is 10.4. The first-order valence-corrected chi connectivity index (χ1v) is 12.4. The van der Waals surface area contributed by atoms with Gasteiger partial charge in [0, 0.05) is 32.4 Å². The van der Waals surface area contributed by atoms with Crippen molar-refractivity contribution in [2.45, 2.75) is 46.5 Å². The van der Waals surface area contributed by atoms with Crippen LogP contribution in [0.1, 0.15) is 52.0 Å². The van der Waals surface area contributed by atoms with Crippen molar-refractivity contribution >= 4 is 39.8 Å². The third kappa shape index (κ3) is 8.82. The number of guanidine groups is 1. The number of aliphatic imine (C=N–C) groups is 1. The van der Waals surface area contributed by atoms with E-state index in [1.807, 2.05) is 0 Å². The van der Waals surface area contributed by atoms with Crippen LogP contribution in [0.4, 0.5) is 0 Å². The molecule has 2 rings (SSSR count). The molecule has 0 saturated carbocycles. The molecule has 1 saturated heterocycles. The molecule has 1 N–H and O–H groups in total. The summed E-state index contributed by atoms with van der Waals surface area (Å²) in [7, 11) is -2.94. The minimum Gasteiger partial charge on any atom is -0.357 e. The third-order valence-corrected chi connectivity index (χ3v) is 6.52. The molecule has 0 spiro atoms. The summed E-state index contributed by atoms with van der Waals surface area (Å²) in [6.45, 7) is 12.0. The van der Waals surface area contributed by atoms with E-state index in [0.717, 1.165) is 32.0 Å². The highest BCUT2D eigenvalue weighted by Gasteiger charge is 2.29. The molecule has 1 aromatic rings. The number of nitrogens with zero attached hydrogens (tertiary/aromatic N) is 2. The Morgan fingerprint density at radius 3 is 2.48 bits per heavy atom. The zero-order valence-corrected chi connectivity index (χ0v) is 21.7. The van der Waals surface area contributed by atoms with E-state index in [1.54, 1.807) is 0 Å². The van der Waals surface area contributed by atoms with Gasteiger partial charge in [0.05, 0.1) is 5.75 Å². The van der Waals surface area contributed by atoms with Gasteiger partial charge in [0.25, 0.3) is 0 Å². The number of sulfone groups is 1. The van der Waals surface area contributed by atoms with Crippen molar-refractivity contribution < 1.29 is 8.42 Å². The Morgan fingerprint density at radius 2 is 1.93 bits per heavy atom. The zero-order valence-electron chi connectivity index (χ0n) is 18.5. The Kier molecular flexibility index (Phi) is 10.4. The molecule has 0 amide bonds. The van der Waals surface area contributed by atoms with Crippen molar-refractivity contribution in [1.29, 1.82) is 0 Å². The number of halogens is 1. The van der Waals surface area contributed by atoms with Crippen LogP contribution in [-0.4, -0.2) is 57.5 Å². The van der Waals surface area contributed by atoms with Gasteiger partial charge >= 0.3 is 0 Å². The van der Waals surface area contributed by atoms with Gasteiger partial charge in [-0.25, -0.2) is 8.42 Å². The maximum absolute atomic E-state index is 11.5. The summed E-state index contributed by atoms with van der Waals surface area (Å²) in [6, 6.07) is 10.8. The molecule has 0 aromatic heterocycles. The smallest absolute Gasteiger partial charge is 0.193 e. The molecule has 1 aromatic carbocycles. The Balaban J connectivity index is 0.00000420. The van der Waals surface area contributed by atoms with E-state index in [-0.39, 0.29) is 35.1 Å². The molecule has 1 heterocycles. The Hall–Kier alpha value is -0.830. The van der Waals surface area contributed by atoms with Crippen LogP contribution in [0.5, 0.6) is 0 Å². The van der Waals surface area contributed by atoms with Crippen LogP contribution in [0, 0.1) is 11.3 Å². The molecule has 1 fully saturated rings. The van der Waals surface area contributed by atoms with E-state index >= 15 is 0 Å². The number of nitrogens with one attached hydrogen (secondary N) is 1. The van der Waals surface area contributed by atoms with Crippen molar-refractivity contribution in [3.63, 3.8) is 0 Å². The first kappa shape index (κ1) is 26.2. The second kappa shape index (κ2) is 11.5. The van der Waals surface area contributed by atoms with Crippen molar-refractivity contribution in [2.75, 3.05) is 38.2 Å². The largest absolute Gasteiger partial charge is 0.357 e. The van der Waals surface area contributed by atoms with Crippen LogP contribution >= 0.6 is 24.0 Å². The van der Waals surface area contributed by atoms with Crippen LogP contribution in [0.25, 0.3) is 0 Å². The maximum atomic E-state index is 11.5. The SMILES string of the molecule is CCNC(=NCC(C)(C)CCS(C)(=O)=O)N1CCC(c2ccccc2)C(C)C1.I. The van der Waals surface area contributed by atoms with Crippen molar-refractivity contribution in [3.05, 3.63) is 35.9 Å². The van der Waals surface area contributed by atoms with Gasteiger partial charge in [-0.05, 0) is 42.6 Å². The molecule has 0 aliphatic carbocycles. The van der Waals surface area contributed by atoms with Crippen LogP contribution in [-0.2, 0) is 9.84 Å². The van der Waals surface area contributed by atoms with Crippen molar-refractivity contribution in [1.82, 2.24) is 10.2 Å². The molecule has 1 aliphatic heterocycles. The lowest BCUT2D eigenvalue weighted by Gasteiger charge is -2.39. The minimum atomic E-state index is -2.94. The molecule has 2 atom stereocenters. The van der Waals surface area contributed by atoms with Crippen molar-refractivity contribution in [3.8, 4) is 0 Å². The summed E-state index contributed by atoms with van der Waals surface area (Å²) < 4.78 is 23.0. The van der Waals surface area contributed by atoms with Gasteiger partial charge in [-0.2, -0.15) is 0 Å². The number of hydrogen-bond donors (Lipinski definition) is 1. The summed E-state index contributed by atoms with van der Waals surface area (Å²) >= 11 is 0. The summed E-state index contributed by atoms with van der Waals surface area (Å²) in [5, 5.41) is 3.43. The van der Waals surface area contributed by atoms with E-state index in [4.69, 9.17) is 4.99 Å². The minimum absolute atomic E-state index is 0. The van der Waals surface area contributed by atoms with E-state index in [9.17, 15) is 8.42 Å². The van der Waals surface area contributed by atoms with E-state index in [0.29, 0.717) is 24.8 Å². The summed E-state index contributed by atoms with van der Waals surface area (Å²) in [6.07, 6.45) is 3.04. The zero-order chi connectivity index (χ0) is 20.8. The van der Waals surface area contributed by atoms with Gasteiger partial charge in [0.15, 0.2) is 5.96 Å². The molecule has 166 valence electrons. The van der Waals surface area contributed by atoms with Crippen LogP contribution in [0.15, 0.2) is 35.3 Å². The monoisotopic (exact) mass is 535 g/mol. The van der Waals surface area contributed by atoms with E-state index in [1.165, 1.54) is 11.8 Å². The highest BCUT2D eigenvalue weighted by molar-refractivity contribution is 14.0. The summed E-state index contributed by atoms with van der Waals surface area (Å²) in [5.74, 6) is 2.31. The fourth-order valence-corrected chi connectivity index (χ4v) is 4.71. The van der Waals surface area contributed by atoms with Crippen LogP contribution in [0.2, 0.25) is 0 Å². The molecule has 7 heteroatoms. The number of benzene rings is 1. The van der Waals surface area contributed by atoms with E-state index in [2.05, 4.69) is 68.2 Å². The highest BCUT2D eigenvalue weighted by atomic mass is 127. The summed E-state index contributed by atoms with van der Waals surface area (Å²) in [4.78, 5) is 7.24. The number of likely N-dealkylation sites (tertiary alicyclic amines) is 1. The number of rotatable bonds is 7. The lowest BCUT2D eigenvalue weighted by atomic mass is 9.82. The van der Waals surface area contributed by atoms with Gasteiger partial charge in [0.2, 0.25) is 0 Å². The van der Waals surface area contributed by atoms with Gasteiger partial charge in [-0.15, -0.1) is 24.0 Å². The predicted octanol–water partition coefficient (Wildman–Crippen LogP) is 4.16. The fourth-order valence-electron chi connectivity index (χ4n) is 3.79. The van der Waals surface area contributed by atoms with Gasteiger partial charge in [0.1, 0.15) is 9.84 Å². The predicted molar refractivity (Wildman–Crippen MR) is 134 cm³/mol.